The fraction of sp³-hybridized carbons (Fsp3) is 0.500. The number of hydrogen-bond donors (Lipinski definition) is 0. The number of carbonyl (C=O) groups is 2. The summed E-state index contributed by atoms with van der Waals surface area (Å²) in [5.74, 6) is 0.386. The third-order valence-corrected chi connectivity index (χ3v) is 7.14. The molecule has 9 heteroatoms. The number of rotatable bonds is 2. The second kappa shape index (κ2) is 11.7. The Morgan fingerprint density at radius 3 is 2.32 bits per heavy atom. The van der Waals surface area contributed by atoms with E-state index < -0.39 is 0 Å². The van der Waals surface area contributed by atoms with Gasteiger partial charge in [0.2, 0.25) is 5.91 Å². The normalized spacial score (nSPS) is 21.9. The van der Waals surface area contributed by atoms with E-state index in [0.717, 1.165) is 56.1 Å². The highest BCUT2D eigenvalue weighted by Gasteiger charge is 2.38. The second-order valence-electron chi connectivity index (χ2n) is 9.93. The molecule has 0 radical (unpaired) electrons. The molecule has 5 rings (SSSR count). The van der Waals surface area contributed by atoms with Crippen LogP contribution in [0.25, 0.3) is 11.0 Å². The summed E-state index contributed by atoms with van der Waals surface area (Å²) in [6.45, 7) is 2.21. The number of benzene rings is 2. The number of fused-ring (bicyclic) bond motifs is 3. The molecule has 1 aromatic heterocycles. The first-order valence-electron chi connectivity index (χ1n) is 13.3. The lowest BCUT2D eigenvalue weighted by Crippen LogP contribution is -2.35. The topological polar surface area (TPSA) is 89.8 Å². The van der Waals surface area contributed by atoms with Crippen LogP contribution >= 0.6 is 0 Å². The number of hydrogen-bond acceptors (Lipinski definition) is 6. The largest absolute Gasteiger partial charge is 0.485 e. The summed E-state index contributed by atoms with van der Waals surface area (Å²) in [6.07, 6.45) is 5.86. The van der Waals surface area contributed by atoms with Crippen LogP contribution in [0.15, 0.2) is 48.5 Å². The van der Waals surface area contributed by atoms with Gasteiger partial charge in [0.1, 0.15) is 35.5 Å². The fourth-order valence-electron chi connectivity index (χ4n) is 5.03. The van der Waals surface area contributed by atoms with Gasteiger partial charge < -0.3 is 19.3 Å². The van der Waals surface area contributed by atoms with Gasteiger partial charge in [0.25, 0.3) is 5.91 Å². The average molecular weight is 506 g/mol. The van der Waals surface area contributed by atoms with Gasteiger partial charge >= 0.3 is 0 Å². The van der Waals surface area contributed by atoms with Crippen LogP contribution in [-0.4, -0.2) is 82.1 Å². The van der Waals surface area contributed by atoms with E-state index >= 15 is 0 Å². The first kappa shape index (κ1) is 25.2. The third kappa shape index (κ3) is 6.10. The molecule has 0 aliphatic carbocycles. The van der Waals surface area contributed by atoms with E-state index in [4.69, 9.17) is 9.47 Å². The number of amides is 2. The molecule has 2 amide bonds. The second-order valence-corrected chi connectivity index (χ2v) is 9.93. The van der Waals surface area contributed by atoms with Crippen molar-refractivity contribution in [3.05, 3.63) is 54.1 Å². The minimum Gasteiger partial charge on any atom is -0.485 e. The molecule has 1 fully saturated rings. The molecule has 3 heterocycles. The lowest BCUT2D eigenvalue weighted by Gasteiger charge is -2.24. The minimum absolute atomic E-state index is 0.0496. The van der Waals surface area contributed by atoms with E-state index in [0.29, 0.717) is 31.0 Å². The zero-order valence-corrected chi connectivity index (χ0v) is 21.4. The van der Waals surface area contributed by atoms with E-state index in [9.17, 15) is 9.59 Å². The van der Waals surface area contributed by atoms with Crippen molar-refractivity contribution < 1.29 is 19.1 Å². The predicted octanol–water partition coefficient (Wildman–Crippen LogP) is 3.53. The smallest absolute Gasteiger partial charge is 0.257 e. The van der Waals surface area contributed by atoms with E-state index in [1.54, 1.807) is 15.9 Å². The van der Waals surface area contributed by atoms with Gasteiger partial charge in [-0.05, 0) is 37.1 Å². The van der Waals surface area contributed by atoms with Gasteiger partial charge in [0.15, 0.2) is 0 Å². The highest BCUT2D eigenvalue weighted by Crippen LogP contribution is 2.26. The maximum atomic E-state index is 13.2. The summed E-state index contributed by atoms with van der Waals surface area (Å²) in [6, 6.07) is 14.9. The van der Waals surface area contributed by atoms with Crippen molar-refractivity contribution in [3.63, 3.8) is 0 Å². The molecule has 2 aliphatic rings. The van der Waals surface area contributed by atoms with Crippen LogP contribution in [0.1, 0.15) is 48.9 Å². The van der Waals surface area contributed by atoms with Gasteiger partial charge in [-0.2, -0.15) is 15.0 Å². The number of likely N-dealkylation sites (tertiary alicyclic amines) is 1. The monoisotopic (exact) mass is 505 g/mol. The zero-order valence-electron chi connectivity index (χ0n) is 21.4. The fourth-order valence-corrected chi connectivity index (χ4v) is 5.03. The molecule has 1 saturated heterocycles. The highest BCUT2D eigenvalue weighted by atomic mass is 16.5. The summed E-state index contributed by atoms with van der Waals surface area (Å²) in [5.41, 5.74) is 2.05. The van der Waals surface area contributed by atoms with Crippen LogP contribution in [0.5, 0.6) is 5.75 Å². The van der Waals surface area contributed by atoms with Crippen molar-refractivity contribution in [2.24, 2.45) is 0 Å². The predicted molar refractivity (Wildman–Crippen MR) is 139 cm³/mol. The Hall–Kier alpha value is -3.46. The summed E-state index contributed by atoms with van der Waals surface area (Å²) < 4.78 is 12.7. The van der Waals surface area contributed by atoms with Gasteiger partial charge in [-0.3, -0.25) is 9.59 Å². The summed E-state index contributed by atoms with van der Waals surface area (Å²) in [5, 5.41) is 8.84. The highest BCUT2D eigenvalue weighted by molar-refractivity contribution is 5.96. The number of carbonyl (C=O) groups excluding carboxylic acids is 2. The maximum Gasteiger partial charge on any atom is 0.257 e. The molecule has 0 saturated carbocycles. The van der Waals surface area contributed by atoms with Crippen molar-refractivity contribution >= 4 is 22.8 Å². The Balaban J connectivity index is 1.33. The summed E-state index contributed by atoms with van der Waals surface area (Å²) in [7, 11) is 1.84. The van der Waals surface area contributed by atoms with Crippen LogP contribution in [0.4, 0.5) is 0 Å². The molecule has 196 valence electrons. The molecule has 0 bridgehead atoms. The molecule has 2 atom stereocenters. The molecule has 0 N–H and O–H groups in total. The van der Waals surface area contributed by atoms with Crippen LogP contribution in [-0.2, 0) is 16.1 Å². The zero-order chi connectivity index (χ0) is 25.6. The van der Waals surface area contributed by atoms with Crippen LogP contribution in [0.2, 0.25) is 0 Å². The third-order valence-electron chi connectivity index (χ3n) is 7.14. The van der Waals surface area contributed by atoms with Gasteiger partial charge in [-0.15, -0.1) is 0 Å². The Bertz CT molecular complexity index is 1200. The minimum atomic E-state index is -0.374. The molecular formula is C28H35N5O4. The average Bonchev–Trinajstić information content (AvgIpc) is 3.50. The number of aromatic nitrogens is 3. The molecular weight excluding hydrogens is 470 g/mol. The molecule has 0 spiro atoms. The Morgan fingerprint density at radius 2 is 1.54 bits per heavy atom. The van der Waals surface area contributed by atoms with Crippen molar-refractivity contribution in [1.82, 2.24) is 24.8 Å². The van der Waals surface area contributed by atoms with Gasteiger partial charge in [0.05, 0.1) is 18.7 Å². The molecule has 9 nitrogen and oxygen atoms in total. The summed E-state index contributed by atoms with van der Waals surface area (Å²) in [4.78, 5) is 31.4. The van der Waals surface area contributed by atoms with Crippen molar-refractivity contribution in [2.75, 3.05) is 33.3 Å². The Kier molecular flexibility index (Phi) is 7.99. The SMILES string of the molecule is CN1CCCCCCCCO[C@@H]2CN(C(=O)Cn3nc4ccccc4n3)C[C@H]2Oc2ccccc2C1=O. The van der Waals surface area contributed by atoms with Crippen LogP contribution in [0, 0.1) is 0 Å². The molecule has 3 aromatic rings. The quantitative estimate of drug-likeness (QED) is 0.529. The number of nitrogens with zero attached hydrogens (tertiary/aromatic N) is 5. The van der Waals surface area contributed by atoms with Crippen LogP contribution < -0.4 is 4.74 Å². The molecule has 0 unspecified atom stereocenters. The van der Waals surface area contributed by atoms with Gasteiger partial charge in [-0.1, -0.05) is 49.9 Å². The lowest BCUT2D eigenvalue weighted by atomic mass is 10.1. The first-order chi connectivity index (χ1) is 18.1. The van der Waals surface area contributed by atoms with E-state index in [-0.39, 0.29) is 30.6 Å². The lowest BCUT2D eigenvalue weighted by molar-refractivity contribution is -0.131. The number of ether oxygens (including phenoxy) is 2. The van der Waals surface area contributed by atoms with Gasteiger partial charge in [0, 0.05) is 20.2 Å². The van der Waals surface area contributed by atoms with Gasteiger partial charge in [-0.25, -0.2) is 0 Å². The van der Waals surface area contributed by atoms with Crippen molar-refractivity contribution in [1.29, 1.82) is 0 Å². The molecule has 2 aliphatic heterocycles. The molecule has 2 aromatic carbocycles. The summed E-state index contributed by atoms with van der Waals surface area (Å²) >= 11 is 0. The standard InChI is InChI=1S/C28H35N5O4/c1-31-16-10-4-2-3-5-11-17-36-25-18-32(19-26(25)37-24-15-9-6-12-21(24)28(31)35)27(34)20-33-29-22-13-7-8-14-23(22)30-33/h6-9,12-15,25-26H,2-5,10-11,16-20H2,1H3/t25-,26-/m1/s1. The number of para-hydroxylation sites is 1. The maximum absolute atomic E-state index is 13.2. The van der Waals surface area contributed by atoms with Crippen molar-refractivity contribution in [2.45, 2.75) is 57.3 Å². The first-order valence-corrected chi connectivity index (χ1v) is 13.3. The van der Waals surface area contributed by atoms with Crippen molar-refractivity contribution in [3.8, 4) is 5.75 Å². The Labute approximate surface area is 217 Å². The van der Waals surface area contributed by atoms with E-state index in [1.807, 2.05) is 49.5 Å². The van der Waals surface area contributed by atoms with E-state index in [1.165, 1.54) is 4.80 Å². The van der Waals surface area contributed by atoms with E-state index in [2.05, 4.69) is 10.2 Å². The Morgan fingerprint density at radius 1 is 0.892 bits per heavy atom. The van der Waals surface area contributed by atoms with Crippen LogP contribution in [0.3, 0.4) is 0 Å². The molecule has 37 heavy (non-hydrogen) atoms.